The van der Waals surface area contributed by atoms with Gasteiger partial charge in [-0.2, -0.15) is 0 Å². The van der Waals surface area contributed by atoms with Crippen molar-refractivity contribution in [2.24, 2.45) is 0 Å². The van der Waals surface area contributed by atoms with E-state index in [1.807, 2.05) is 0 Å². The summed E-state index contributed by atoms with van der Waals surface area (Å²) in [6.07, 6.45) is 62.4. The lowest BCUT2D eigenvalue weighted by Gasteiger charge is -2.27. The van der Waals surface area contributed by atoms with Crippen LogP contribution in [0.25, 0.3) is 0 Å². The number of carbonyl (C=O) groups excluding carboxylic acids is 1. The van der Waals surface area contributed by atoms with Crippen LogP contribution in [0.5, 0.6) is 0 Å². The molecule has 0 aromatic carbocycles. The Morgan fingerprint density at radius 3 is 1.00 bits per heavy atom. The van der Waals surface area contributed by atoms with E-state index in [4.69, 9.17) is 0 Å². The SMILES string of the molecule is CCCCCCCCCCC/C=C\C/C=C\CCCCCCCCCCCCC(O)C(=O)NC(CO)C(O)C(O)CCCCCCCCCCCCCCCCCCCCCCC. The van der Waals surface area contributed by atoms with Crippen molar-refractivity contribution in [1.29, 1.82) is 0 Å². The molecule has 0 heterocycles. The van der Waals surface area contributed by atoms with Gasteiger partial charge < -0.3 is 25.7 Å². The molecule has 0 radical (unpaired) electrons. The molecule has 6 nitrogen and oxygen atoms in total. The normalized spacial score (nSPS) is 13.9. The van der Waals surface area contributed by atoms with E-state index in [1.54, 1.807) is 0 Å². The number of carbonyl (C=O) groups is 1. The highest BCUT2D eigenvalue weighted by atomic mass is 16.3. The number of hydrogen-bond donors (Lipinski definition) is 5. The molecular formula is C57H111NO5. The van der Waals surface area contributed by atoms with Crippen molar-refractivity contribution in [3.05, 3.63) is 24.3 Å². The summed E-state index contributed by atoms with van der Waals surface area (Å²) in [7, 11) is 0. The Kier molecular flexibility index (Phi) is 50.8. The van der Waals surface area contributed by atoms with Crippen LogP contribution in [0.15, 0.2) is 24.3 Å². The second-order valence-electron chi connectivity index (χ2n) is 19.6. The van der Waals surface area contributed by atoms with Gasteiger partial charge in [-0.1, -0.05) is 282 Å². The second kappa shape index (κ2) is 51.8. The number of amides is 1. The number of rotatable bonds is 52. The molecule has 0 aromatic heterocycles. The van der Waals surface area contributed by atoms with Crippen LogP contribution in [0, 0.1) is 0 Å². The Hall–Kier alpha value is -1.21. The van der Waals surface area contributed by atoms with Crippen molar-refractivity contribution in [3.8, 4) is 0 Å². The summed E-state index contributed by atoms with van der Waals surface area (Å²) in [4.78, 5) is 12.6. The fraction of sp³-hybridized carbons (Fsp3) is 0.912. The number of nitrogens with one attached hydrogen (secondary N) is 1. The smallest absolute Gasteiger partial charge is 0.249 e. The quantitative estimate of drug-likeness (QED) is 0.0309. The van der Waals surface area contributed by atoms with Crippen LogP contribution in [0.4, 0.5) is 0 Å². The molecule has 0 rings (SSSR count). The lowest BCUT2D eigenvalue weighted by molar-refractivity contribution is -0.132. The first-order valence-corrected chi connectivity index (χ1v) is 28.2. The first kappa shape index (κ1) is 61.8. The number of unbranched alkanes of at least 4 members (excludes halogenated alkanes) is 39. The summed E-state index contributed by atoms with van der Waals surface area (Å²) < 4.78 is 0. The van der Waals surface area contributed by atoms with Gasteiger partial charge in [-0.15, -0.1) is 0 Å². The predicted octanol–water partition coefficient (Wildman–Crippen LogP) is 16.3. The van der Waals surface area contributed by atoms with Crippen LogP contribution >= 0.6 is 0 Å². The van der Waals surface area contributed by atoms with Crippen molar-refractivity contribution in [2.45, 2.75) is 327 Å². The van der Waals surface area contributed by atoms with E-state index in [0.29, 0.717) is 12.8 Å². The minimum Gasteiger partial charge on any atom is -0.394 e. The van der Waals surface area contributed by atoms with Gasteiger partial charge in [-0.25, -0.2) is 0 Å². The van der Waals surface area contributed by atoms with Crippen LogP contribution in [-0.4, -0.2) is 57.3 Å². The average Bonchev–Trinajstić information content (AvgIpc) is 3.29. The summed E-state index contributed by atoms with van der Waals surface area (Å²) in [6, 6.07) is -0.986. The highest BCUT2D eigenvalue weighted by molar-refractivity contribution is 5.80. The molecule has 0 saturated carbocycles. The maximum Gasteiger partial charge on any atom is 0.249 e. The molecule has 4 unspecified atom stereocenters. The maximum absolute atomic E-state index is 12.6. The zero-order valence-corrected chi connectivity index (χ0v) is 42.3. The van der Waals surface area contributed by atoms with Crippen molar-refractivity contribution in [3.63, 3.8) is 0 Å². The van der Waals surface area contributed by atoms with Gasteiger partial charge in [0.2, 0.25) is 5.91 Å². The topological polar surface area (TPSA) is 110 Å². The van der Waals surface area contributed by atoms with E-state index >= 15 is 0 Å². The molecule has 0 aliphatic carbocycles. The zero-order valence-electron chi connectivity index (χ0n) is 42.3. The fourth-order valence-corrected chi connectivity index (χ4v) is 8.97. The van der Waals surface area contributed by atoms with Crippen molar-refractivity contribution >= 4 is 5.91 Å². The van der Waals surface area contributed by atoms with E-state index < -0.39 is 36.9 Å². The largest absolute Gasteiger partial charge is 0.394 e. The minimum absolute atomic E-state index is 0.367. The monoisotopic (exact) mass is 890 g/mol. The number of aliphatic hydroxyl groups is 4. The van der Waals surface area contributed by atoms with Crippen LogP contribution in [0.2, 0.25) is 0 Å². The van der Waals surface area contributed by atoms with E-state index in [-0.39, 0.29) is 0 Å². The Labute approximate surface area is 393 Å². The van der Waals surface area contributed by atoms with Gasteiger partial charge in [-0.3, -0.25) is 4.79 Å². The van der Waals surface area contributed by atoms with E-state index in [9.17, 15) is 25.2 Å². The lowest BCUT2D eigenvalue weighted by Crippen LogP contribution is -2.53. The minimum atomic E-state index is -1.26. The summed E-state index contributed by atoms with van der Waals surface area (Å²) >= 11 is 0. The molecule has 63 heavy (non-hydrogen) atoms. The lowest BCUT2D eigenvalue weighted by atomic mass is 9.99. The second-order valence-corrected chi connectivity index (χ2v) is 19.6. The summed E-state index contributed by atoms with van der Waals surface area (Å²) in [5.41, 5.74) is 0. The Morgan fingerprint density at radius 2 is 0.683 bits per heavy atom. The summed E-state index contributed by atoms with van der Waals surface area (Å²) in [5.74, 6) is -0.582. The standard InChI is InChI=1S/C57H111NO5/c1-3-5-7-9-11-13-15-17-19-21-23-25-26-27-28-29-31-33-35-37-39-41-43-45-47-49-51-55(61)57(63)58-53(52-59)56(62)54(60)50-48-46-44-42-40-38-36-34-32-30-24-22-20-18-16-14-12-10-8-6-4-2/h23,25,27-28,53-56,59-62H,3-22,24,26,29-52H2,1-2H3,(H,58,63)/b25-23-,28-27-. The van der Waals surface area contributed by atoms with Crippen LogP contribution in [-0.2, 0) is 4.79 Å². The number of hydrogen-bond acceptors (Lipinski definition) is 5. The molecule has 0 aromatic rings. The molecule has 0 saturated heterocycles. The predicted molar refractivity (Wildman–Crippen MR) is 274 cm³/mol. The molecule has 0 aliphatic heterocycles. The summed E-state index contributed by atoms with van der Waals surface area (Å²) in [5, 5.41) is 44.0. The molecule has 0 fully saturated rings. The van der Waals surface area contributed by atoms with Crippen LogP contribution in [0.3, 0.4) is 0 Å². The zero-order chi connectivity index (χ0) is 45.9. The van der Waals surface area contributed by atoms with Crippen LogP contribution in [0.1, 0.15) is 303 Å². The molecule has 6 heteroatoms. The molecule has 5 N–H and O–H groups in total. The van der Waals surface area contributed by atoms with Crippen molar-refractivity contribution in [1.82, 2.24) is 5.32 Å². The third-order valence-electron chi connectivity index (χ3n) is 13.4. The Bertz CT molecular complexity index is 955. The van der Waals surface area contributed by atoms with Gasteiger partial charge >= 0.3 is 0 Å². The van der Waals surface area contributed by atoms with Gasteiger partial charge in [0.1, 0.15) is 12.2 Å². The van der Waals surface area contributed by atoms with E-state index in [2.05, 4.69) is 43.5 Å². The van der Waals surface area contributed by atoms with Gasteiger partial charge in [0.15, 0.2) is 0 Å². The molecule has 0 bridgehead atoms. The molecular weight excluding hydrogens is 779 g/mol. The van der Waals surface area contributed by atoms with Crippen molar-refractivity contribution in [2.75, 3.05) is 6.61 Å². The first-order valence-electron chi connectivity index (χ1n) is 28.2. The van der Waals surface area contributed by atoms with Gasteiger partial charge in [-0.05, 0) is 44.9 Å². The van der Waals surface area contributed by atoms with Gasteiger partial charge in [0.25, 0.3) is 0 Å². The molecule has 374 valence electrons. The van der Waals surface area contributed by atoms with Gasteiger partial charge in [0, 0.05) is 0 Å². The van der Waals surface area contributed by atoms with Crippen LogP contribution < -0.4 is 5.32 Å². The highest BCUT2D eigenvalue weighted by Crippen LogP contribution is 2.18. The number of allylic oxidation sites excluding steroid dienone is 4. The van der Waals surface area contributed by atoms with Crippen molar-refractivity contribution < 1.29 is 25.2 Å². The van der Waals surface area contributed by atoms with E-state index in [1.165, 1.54) is 231 Å². The van der Waals surface area contributed by atoms with E-state index in [0.717, 1.165) is 44.9 Å². The average molecular weight is 891 g/mol. The fourth-order valence-electron chi connectivity index (χ4n) is 8.97. The first-order chi connectivity index (χ1) is 31.0. The maximum atomic E-state index is 12.6. The molecule has 0 spiro atoms. The highest BCUT2D eigenvalue weighted by Gasteiger charge is 2.28. The third kappa shape index (κ3) is 45.7. The molecule has 1 amide bonds. The molecule has 0 aliphatic rings. The summed E-state index contributed by atoms with van der Waals surface area (Å²) in [6.45, 7) is 4.09. The third-order valence-corrected chi connectivity index (χ3v) is 13.4. The molecule has 4 atom stereocenters. The Morgan fingerprint density at radius 1 is 0.397 bits per heavy atom. The Balaban J connectivity index is 3.63. The number of aliphatic hydroxyl groups excluding tert-OH is 4. The van der Waals surface area contributed by atoms with Gasteiger partial charge in [0.05, 0.1) is 18.8 Å².